The van der Waals surface area contributed by atoms with Crippen molar-refractivity contribution < 1.29 is 13.6 Å². The number of carbonyl (C=O) groups is 1. The van der Waals surface area contributed by atoms with Crippen LogP contribution in [-0.4, -0.2) is 15.9 Å². The van der Waals surface area contributed by atoms with Gasteiger partial charge in [-0.05, 0) is 67.1 Å². The molecule has 0 radical (unpaired) electrons. The highest BCUT2D eigenvalue weighted by Crippen LogP contribution is 2.28. The number of rotatable bonds is 4. The molecule has 1 amide bonds. The zero-order valence-corrected chi connectivity index (χ0v) is 18.0. The van der Waals surface area contributed by atoms with Gasteiger partial charge in [-0.2, -0.15) is 4.98 Å². The highest BCUT2D eigenvalue weighted by molar-refractivity contribution is 9.10. The maximum atomic E-state index is 12.7. The number of fused-ring (bicyclic) bond motifs is 1. The van der Waals surface area contributed by atoms with E-state index in [0.29, 0.717) is 28.6 Å². The van der Waals surface area contributed by atoms with E-state index in [1.165, 1.54) is 0 Å². The third kappa shape index (κ3) is 3.87. The number of furan rings is 1. The van der Waals surface area contributed by atoms with Crippen LogP contribution in [0.4, 0.5) is 5.69 Å². The van der Waals surface area contributed by atoms with Gasteiger partial charge in [-0.25, -0.2) is 4.98 Å². The van der Waals surface area contributed by atoms with Crippen molar-refractivity contribution in [3.05, 3.63) is 88.7 Å². The number of anilines is 1. The van der Waals surface area contributed by atoms with Gasteiger partial charge in [0.2, 0.25) is 5.89 Å². The average Bonchev–Trinajstić information content (AvgIpc) is 3.43. The summed E-state index contributed by atoms with van der Waals surface area (Å²) >= 11 is 3.41. The zero-order chi connectivity index (χ0) is 21.4. The molecule has 3 heterocycles. The van der Waals surface area contributed by atoms with Gasteiger partial charge >= 0.3 is 0 Å². The maximum absolute atomic E-state index is 12.7. The van der Waals surface area contributed by atoms with Gasteiger partial charge in [0.05, 0.1) is 0 Å². The molecule has 5 rings (SSSR count). The van der Waals surface area contributed by atoms with Crippen LogP contribution < -0.4 is 5.32 Å². The molecule has 0 spiro atoms. The SMILES string of the molecule is Cc1cc(-c2nc3ncccc3o2)ccc1NC(=O)c1ccc(-c2ccc(Br)cc2)o1. The van der Waals surface area contributed by atoms with Crippen LogP contribution >= 0.6 is 15.9 Å². The molecule has 3 aromatic heterocycles. The Labute approximate surface area is 186 Å². The van der Waals surface area contributed by atoms with Crippen molar-refractivity contribution in [1.82, 2.24) is 9.97 Å². The first kappa shape index (κ1) is 19.3. The lowest BCUT2D eigenvalue weighted by atomic mass is 10.1. The van der Waals surface area contributed by atoms with Crippen LogP contribution in [0.1, 0.15) is 16.1 Å². The van der Waals surface area contributed by atoms with E-state index in [9.17, 15) is 4.79 Å². The van der Waals surface area contributed by atoms with Crippen molar-refractivity contribution >= 4 is 38.8 Å². The quantitative estimate of drug-likeness (QED) is 0.323. The second-order valence-corrected chi connectivity index (χ2v) is 7.91. The van der Waals surface area contributed by atoms with Crippen LogP contribution in [0.3, 0.4) is 0 Å². The Bertz CT molecular complexity index is 1370. The molecule has 0 aliphatic rings. The van der Waals surface area contributed by atoms with Gasteiger partial charge in [-0.3, -0.25) is 4.79 Å². The minimum atomic E-state index is -0.315. The lowest BCUT2D eigenvalue weighted by Crippen LogP contribution is -2.11. The first-order valence-electron chi connectivity index (χ1n) is 9.56. The van der Waals surface area contributed by atoms with Crippen LogP contribution in [-0.2, 0) is 0 Å². The molecule has 1 N–H and O–H groups in total. The third-order valence-corrected chi connectivity index (χ3v) is 5.37. The smallest absolute Gasteiger partial charge is 0.291 e. The summed E-state index contributed by atoms with van der Waals surface area (Å²) in [5.74, 6) is 1.05. The fourth-order valence-electron chi connectivity index (χ4n) is 3.24. The molecule has 0 fully saturated rings. The summed E-state index contributed by atoms with van der Waals surface area (Å²) in [5.41, 5.74) is 4.46. The first-order chi connectivity index (χ1) is 15.1. The number of hydrogen-bond acceptors (Lipinski definition) is 5. The second-order valence-electron chi connectivity index (χ2n) is 7.00. The number of carbonyl (C=O) groups excluding carboxylic acids is 1. The van der Waals surface area contributed by atoms with Gasteiger partial charge < -0.3 is 14.2 Å². The molecule has 5 aromatic rings. The maximum Gasteiger partial charge on any atom is 0.291 e. The number of amides is 1. The summed E-state index contributed by atoms with van der Waals surface area (Å²) in [7, 11) is 0. The Balaban J connectivity index is 1.35. The van der Waals surface area contributed by atoms with Crippen molar-refractivity contribution in [2.75, 3.05) is 5.32 Å². The van der Waals surface area contributed by atoms with Gasteiger partial charge in [-0.1, -0.05) is 28.1 Å². The fraction of sp³-hybridized carbons (Fsp3) is 0.0417. The topological polar surface area (TPSA) is 81.2 Å². The van der Waals surface area contributed by atoms with Gasteiger partial charge in [0.1, 0.15) is 5.76 Å². The molecule has 0 saturated carbocycles. The number of pyridine rings is 1. The minimum Gasteiger partial charge on any atom is -0.451 e. The van der Waals surface area contributed by atoms with Crippen LogP contribution in [0.25, 0.3) is 34.0 Å². The summed E-state index contributed by atoms with van der Waals surface area (Å²) < 4.78 is 12.5. The van der Waals surface area contributed by atoms with Crippen LogP contribution in [0, 0.1) is 6.92 Å². The summed E-state index contributed by atoms with van der Waals surface area (Å²) in [6, 6.07) is 20.4. The predicted molar refractivity (Wildman–Crippen MR) is 122 cm³/mol. The molecule has 0 aliphatic carbocycles. The molecule has 0 aliphatic heterocycles. The molecule has 31 heavy (non-hydrogen) atoms. The van der Waals surface area contributed by atoms with Crippen molar-refractivity contribution in [1.29, 1.82) is 0 Å². The zero-order valence-electron chi connectivity index (χ0n) is 16.4. The Kier molecular flexibility index (Phi) is 4.88. The van der Waals surface area contributed by atoms with E-state index < -0.39 is 0 Å². The van der Waals surface area contributed by atoms with Crippen molar-refractivity contribution in [2.24, 2.45) is 0 Å². The van der Waals surface area contributed by atoms with E-state index in [0.717, 1.165) is 21.2 Å². The number of aromatic nitrogens is 2. The second kappa shape index (κ2) is 7.85. The van der Waals surface area contributed by atoms with E-state index in [2.05, 4.69) is 31.2 Å². The van der Waals surface area contributed by atoms with Crippen molar-refractivity contribution in [3.8, 4) is 22.8 Å². The highest BCUT2D eigenvalue weighted by atomic mass is 79.9. The molecule has 6 nitrogen and oxygen atoms in total. The van der Waals surface area contributed by atoms with E-state index in [4.69, 9.17) is 8.83 Å². The largest absolute Gasteiger partial charge is 0.451 e. The number of oxazole rings is 1. The van der Waals surface area contributed by atoms with Crippen LogP contribution in [0.15, 0.2) is 86.2 Å². The third-order valence-electron chi connectivity index (χ3n) is 4.85. The first-order valence-corrected chi connectivity index (χ1v) is 10.4. The van der Waals surface area contributed by atoms with Crippen molar-refractivity contribution in [3.63, 3.8) is 0 Å². The molecule has 0 saturated heterocycles. The molecule has 7 heteroatoms. The van der Waals surface area contributed by atoms with Gasteiger partial charge in [0.25, 0.3) is 5.91 Å². The Hall–Kier alpha value is -3.71. The molecule has 0 bridgehead atoms. The van der Waals surface area contributed by atoms with Gasteiger partial charge in [0.15, 0.2) is 17.0 Å². The summed E-state index contributed by atoms with van der Waals surface area (Å²) in [6.07, 6.45) is 1.68. The lowest BCUT2D eigenvalue weighted by molar-refractivity contribution is 0.0997. The predicted octanol–water partition coefficient (Wildman–Crippen LogP) is 6.47. The van der Waals surface area contributed by atoms with Crippen LogP contribution in [0.2, 0.25) is 0 Å². The number of nitrogens with one attached hydrogen (secondary N) is 1. The summed E-state index contributed by atoms with van der Waals surface area (Å²) in [5, 5.41) is 2.90. The lowest BCUT2D eigenvalue weighted by Gasteiger charge is -2.08. The molecule has 0 unspecified atom stereocenters. The summed E-state index contributed by atoms with van der Waals surface area (Å²) in [4.78, 5) is 21.3. The average molecular weight is 474 g/mol. The Morgan fingerprint density at radius 3 is 2.55 bits per heavy atom. The number of hydrogen-bond donors (Lipinski definition) is 1. The highest BCUT2D eigenvalue weighted by Gasteiger charge is 2.15. The molecule has 2 aromatic carbocycles. The Morgan fingerprint density at radius 1 is 0.968 bits per heavy atom. The molecular formula is C24H16BrN3O3. The van der Waals surface area contributed by atoms with E-state index >= 15 is 0 Å². The number of halogens is 1. The Morgan fingerprint density at radius 2 is 1.77 bits per heavy atom. The monoisotopic (exact) mass is 473 g/mol. The van der Waals surface area contributed by atoms with E-state index in [-0.39, 0.29) is 11.7 Å². The van der Waals surface area contributed by atoms with Gasteiger partial charge in [0, 0.05) is 27.5 Å². The van der Waals surface area contributed by atoms with Crippen molar-refractivity contribution in [2.45, 2.75) is 6.92 Å². The molecular weight excluding hydrogens is 458 g/mol. The number of aryl methyl sites for hydroxylation is 1. The number of nitrogens with zero attached hydrogens (tertiary/aromatic N) is 2. The molecule has 152 valence electrons. The minimum absolute atomic E-state index is 0.242. The standard InChI is InChI=1S/C24H16BrN3O3/c1-14-13-16(24-28-22-20(31-24)3-2-12-26-22)6-9-18(14)27-23(29)21-11-10-19(30-21)15-4-7-17(25)8-5-15/h2-13H,1H3,(H,27,29). The molecule has 0 atom stereocenters. The van der Waals surface area contributed by atoms with E-state index in [1.807, 2.05) is 55.5 Å². The van der Waals surface area contributed by atoms with Gasteiger partial charge in [-0.15, -0.1) is 0 Å². The fourth-order valence-corrected chi connectivity index (χ4v) is 3.51. The van der Waals surface area contributed by atoms with Crippen LogP contribution in [0.5, 0.6) is 0 Å². The summed E-state index contributed by atoms with van der Waals surface area (Å²) in [6.45, 7) is 1.91. The van der Waals surface area contributed by atoms with E-state index in [1.54, 1.807) is 24.4 Å². The normalized spacial score (nSPS) is 11.0. The number of benzene rings is 2.